The van der Waals surface area contributed by atoms with Crippen LogP contribution in [0.15, 0.2) is 71.6 Å². The summed E-state index contributed by atoms with van der Waals surface area (Å²) in [5, 5.41) is 7.23. The number of nitrogens with one attached hydrogen (secondary N) is 2. The molecule has 176 valence electrons. The molecule has 1 fully saturated rings. The standard InChI is InChI=1S/C24H24N4O5S/c1-24(18-9-8-16-6-4-5-7-17(16)14-18)22(30)28(23(31)26-24)15-21(29)25-19-10-12-20(13-11-19)34(32,33)27(2)3/h4-14H,15H2,1-3H3,(H,25,29)(H,26,31). The number of benzene rings is 3. The van der Waals surface area contributed by atoms with Crippen LogP contribution in [-0.2, 0) is 25.2 Å². The minimum absolute atomic E-state index is 0.0794. The van der Waals surface area contributed by atoms with Crippen molar-refractivity contribution in [3.05, 3.63) is 72.3 Å². The van der Waals surface area contributed by atoms with Crippen molar-refractivity contribution in [1.82, 2.24) is 14.5 Å². The van der Waals surface area contributed by atoms with Crippen LogP contribution in [0.25, 0.3) is 10.8 Å². The van der Waals surface area contributed by atoms with Crippen LogP contribution in [0.2, 0.25) is 0 Å². The highest BCUT2D eigenvalue weighted by atomic mass is 32.2. The lowest BCUT2D eigenvalue weighted by molar-refractivity contribution is -0.133. The zero-order valence-corrected chi connectivity index (χ0v) is 19.7. The summed E-state index contributed by atoms with van der Waals surface area (Å²) < 4.78 is 25.4. The number of nitrogens with zero attached hydrogens (tertiary/aromatic N) is 2. The lowest BCUT2D eigenvalue weighted by atomic mass is 9.90. The molecule has 1 aliphatic rings. The van der Waals surface area contributed by atoms with Gasteiger partial charge in [-0.25, -0.2) is 17.5 Å². The molecule has 10 heteroatoms. The van der Waals surface area contributed by atoms with Gasteiger partial charge in [0.25, 0.3) is 5.91 Å². The number of anilines is 1. The molecular weight excluding hydrogens is 456 g/mol. The monoisotopic (exact) mass is 480 g/mol. The van der Waals surface area contributed by atoms with Gasteiger partial charge in [0.15, 0.2) is 0 Å². The third kappa shape index (κ3) is 4.13. The van der Waals surface area contributed by atoms with Crippen molar-refractivity contribution in [2.24, 2.45) is 0 Å². The lowest BCUT2D eigenvalue weighted by Crippen LogP contribution is -2.42. The molecule has 0 saturated carbocycles. The quantitative estimate of drug-likeness (QED) is 0.526. The summed E-state index contributed by atoms with van der Waals surface area (Å²) in [7, 11) is -0.743. The molecule has 0 aromatic heterocycles. The van der Waals surface area contributed by atoms with Gasteiger partial charge in [-0.3, -0.25) is 14.5 Å². The van der Waals surface area contributed by atoms with E-state index in [1.807, 2.05) is 36.4 Å². The summed E-state index contributed by atoms with van der Waals surface area (Å²) in [6.45, 7) is 1.13. The Kier molecular flexibility index (Phi) is 5.88. The number of amides is 4. The molecule has 1 saturated heterocycles. The van der Waals surface area contributed by atoms with Crippen molar-refractivity contribution in [3.8, 4) is 0 Å². The number of sulfonamides is 1. The van der Waals surface area contributed by atoms with Crippen molar-refractivity contribution >= 4 is 44.3 Å². The minimum Gasteiger partial charge on any atom is -0.325 e. The zero-order chi connectivity index (χ0) is 24.7. The van der Waals surface area contributed by atoms with E-state index in [2.05, 4.69) is 10.6 Å². The van der Waals surface area contributed by atoms with Crippen molar-refractivity contribution < 1.29 is 22.8 Å². The van der Waals surface area contributed by atoms with E-state index in [-0.39, 0.29) is 4.90 Å². The first-order valence-electron chi connectivity index (χ1n) is 10.5. The maximum absolute atomic E-state index is 13.2. The number of hydrogen-bond acceptors (Lipinski definition) is 5. The topological polar surface area (TPSA) is 116 Å². The van der Waals surface area contributed by atoms with Crippen LogP contribution in [0.4, 0.5) is 10.5 Å². The highest BCUT2D eigenvalue weighted by Gasteiger charge is 2.49. The second kappa shape index (κ2) is 8.54. The van der Waals surface area contributed by atoms with E-state index >= 15 is 0 Å². The predicted octanol–water partition coefficient (Wildman–Crippen LogP) is 2.50. The fourth-order valence-electron chi connectivity index (χ4n) is 3.80. The molecule has 2 N–H and O–H groups in total. The Morgan fingerprint density at radius 2 is 1.65 bits per heavy atom. The highest BCUT2D eigenvalue weighted by Crippen LogP contribution is 2.31. The van der Waals surface area contributed by atoms with Gasteiger partial charge in [0, 0.05) is 19.8 Å². The van der Waals surface area contributed by atoms with Crippen molar-refractivity contribution in [1.29, 1.82) is 0 Å². The average Bonchev–Trinajstić information content (AvgIpc) is 3.02. The normalized spacial score (nSPS) is 18.4. The van der Waals surface area contributed by atoms with Gasteiger partial charge in [0.1, 0.15) is 12.1 Å². The van der Waals surface area contributed by atoms with E-state index in [9.17, 15) is 22.8 Å². The van der Waals surface area contributed by atoms with Crippen molar-refractivity contribution in [3.63, 3.8) is 0 Å². The molecule has 1 atom stereocenters. The fourth-order valence-corrected chi connectivity index (χ4v) is 4.70. The maximum atomic E-state index is 13.2. The highest BCUT2D eigenvalue weighted by molar-refractivity contribution is 7.89. The van der Waals surface area contributed by atoms with E-state index < -0.39 is 40.0 Å². The van der Waals surface area contributed by atoms with E-state index in [1.54, 1.807) is 13.0 Å². The van der Waals surface area contributed by atoms with Gasteiger partial charge in [-0.1, -0.05) is 36.4 Å². The van der Waals surface area contributed by atoms with Gasteiger partial charge in [-0.05, 0) is 53.6 Å². The molecule has 4 rings (SSSR count). The lowest BCUT2D eigenvalue weighted by Gasteiger charge is -2.22. The third-order valence-corrected chi connectivity index (χ3v) is 7.65. The second-order valence-electron chi connectivity index (χ2n) is 8.37. The van der Waals surface area contributed by atoms with Crippen LogP contribution in [0.5, 0.6) is 0 Å². The van der Waals surface area contributed by atoms with E-state index in [0.717, 1.165) is 20.0 Å². The smallest absolute Gasteiger partial charge is 0.325 e. The maximum Gasteiger partial charge on any atom is 0.325 e. The minimum atomic E-state index is -3.59. The first kappa shape index (κ1) is 23.4. The number of imide groups is 1. The van der Waals surface area contributed by atoms with Gasteiger partial charge in [0.2, 0.25) is 15.9 Å². The Bertz CT molecular complexity index is 1400. The summed E-state index contributed by atoms with van der Waals surface area (Å²) in [6.07, 6.45) is 0. The number of carbonyl (C=O) groups is 3. The summed E-state index contributed by atoms with van der Waals surface area (Å²) in [5.74, 6) is -1.12. The first-order chi connectivity index (χ1) is 16.0. The Labute approximate surface area is 197 Å². The Balaban J connectivity index is 1.48. The Morgan fingerprint density at radius 3 is 2.29 bits per heavy atom. The zero-order valence-electron chi connectivity index (χ0n) is 18.9. The largest absolute Gasteiger partial charge is 0.325 e. The van der Waals surface area contributed by atoms with E-state index in [1.165, 1.54) is 38.4 Å². The molecule has 0 aliphatic carbocycles. The molecule has 0 radical (unpaired) electrons. The molecule has 0 bridgehead atoms. The van der Waals surface area contributed by atoms with Gasteiger partial charge < -0.3 is 10.6 Å². The summed E-state index contributed by atoms with van der Waals surface area (Å²) in [4.78, 5) is 39.3. The molecule has 4 amide bonds. The molecule has 34 heavy (non-hydrogen) atoms. The molecule has 1 heterocycles. The number of fused-ring (bicyclic) bond motifs is 1. The fraction of sp³-hybridized carbons (Fsp3) is 0.208. The Morgan fingerprint density at radius 1 is 1.00 bits per heavy atom. The predicted molar refractivity (Wildman–Crippen MR) is 127 cm³/mol. The molecule has 9 nitrogen and oxygen atoms in total. The molecule has 0 spiro atoms. The van der Waals surface area contributed by atoms with Crippen LogP contribution in [0.3, 0.4) is 0 Å². The van der Waals surface area contributed by atoms with Crippen molar-refractivity contribution in [2.45, 2.75) is 17.4 Å². The molecular formula is C24H24N4O5S. The van der Waals surface area contributed by atoms with Crippen molar-refractivity contribution in [2.75, 3.05) is 26.0 Å². The van der Waals surface area contributed by atoms with Gasteiger partial charge in [-0.2, -0.15) is 0 Å². The van der Waals surface area contributed by atoms with Crippen LogP contribution < -0.4 is 10.6 Å². The number of rotatable bonds is 6. The van der Waals surface area contributed by atoms with E-state index in [4.69, 9.17) is 0 Å². The molecule has 3 aromatic rings. The number of urea groups is 1. The van der Waals surface area contributed by atoms with Crippen LogP contribution in [0.1, 0.15) is 12.5 Å². The Hall–Kier alpha value is -3.76. The average molecular weight is 481 g/mol. The van der Waals surface area contributed by atoms with Gasteiger partial charge in [0.05, 0.1) is 4.90 Å². The van der Waals surface area contributed by atoms with Crippen LogP contribution in [0, 0.1) is 0 Å². The SMILES string of the molecule is CN(C)S(=O)(=O)c1ccc(NC(=O)CN2C(=O)NC(C)(c3ccc4ccccc4c3)C2=O)cc1. The van der Waals surface area contributed by atoms with Gasteiger partial charge in [-0.15, -0.1) is 0 Å². The summed E-state index contributed by atoms with van der Waals surface area (Å²) in [5.41, 5.74) is -0.346. The number of hydrogen-bond donors (Lipinski definition) is 2. The van der Waals surface area contributed by atoms with Crippen LogP contribution >= 0.6 is 0 Å². The molecule has 3 aromatic carbocycles. The first-order valence-corrected chi connectivity index (χ1v) is 11.9. The van der Waals surface area contributed by atoms with Gasteiger partial charge >= 0.3 is 6.03 Å². The molecule has 1 aliphatic heterocycles. The van der Waals surface area contributed by atoms with E-state index in [0.29, 0.717) is 11.3 Å². The van der Waals surface area contributed by atoms with Crippen LogP contribution in [-0.4, -0.2) is 56.1 Å². The third-order valence-electron chi connectivity index (χ3n) is 5.82. The summed E-state index contributed by atoms with van der Waals surface area (Å²) in [6, 6.07) is 18.2. The number of carbonyl (C=O) groups excluding carboxylic acids is 3. The molecule has 1 unspecified atom stereocenters. The summed E-state index contributed by atoms with van der Waals surface area (Å²) >= 11 is 0. The second-order valence-corrected chi connectivity index (χ2v) is 10.5.